The van der Waals surface area contributed by atoms with Gasteiger partial charge in [-0.2, -0.15) is 4.99 Å². The second kappa shape index (κ2) is 5.70. The predicted molar refractivity (Wildman–Crippen MR) is 90.2 cm³/mol. The van der Waals surface area contributed by atoms with Gasteiger partial charge < -0.3 is 4.90 Å². The highest BCUT2D eigenvalue weighted by molar-refractivity contribution is 8.16. The number of benzene rings is 1. The number of carbonyl (C=O) groups excluding carboxylic acids is 1. The van der Waals surface area contributed by atoms with Gasteiger partial charge in [-0.3, -0.25) is 4.79 Å². The van der Waals surface area contributed by atoms with E-state index in [0.29, 0.717) is 5.17 Å². The largest absolute Gasteiger partial charge is 0.315 e. The number of anilines is 1. The molecule has 7 heteroatoms. The Hall–Kier alpha value is -1.34. The summed E-state index contributed by atoms with van der Waals surface area (Å²) in [6.07, 6.45) is 0.842. The van der Waals surface area contributed by atoms with Crippen molar-refractivity contribution in [1.82, 2.24) is 0 Å². The minimum Gasteiger partial charge on any atom is -0.315 e. The molecule has 2 aliphatic rings. The van der Waals surface area contributed by atoms with Crippen molar-refractivity contribution in [3.05, 3.63) is 29.8 Å². The van der Waals surface area contributed by atoms with Crippen molar-refractivity contribution in [1.29, 1.82) is 0 Å². The molecule has 0 aliphatic carbocycles. The van der Waals surface area contributed by atoms with Crippen LogP contribution in [-0.2, 0) is 21.1 Å². The first kappa shape index (κ1) is 15.6. The van der Waals surface area contributed by atoms with Crippen molar-refractivity contribution in [2.75, 3.05) is 16.4 Å². The summed E-state index contributed by atoms with van der Waals surface area (Å²) in [7, 11) is -3.02. The molecule has 2 heterocycles. The second-order valence-corrected chi connectivity index (χ2v) is 8.93. The molecule has 0 unspecified atom stereocenters. The maximum atomic E-state index is 12.0. The van der Waals surface area contributed by atoms with Gasteiger partial charge in [-0.15, -0.1) is 0 Å². The molecule has 0 N–H and O–H groups in total. The van der Waals surface area contributed by atoms with Gasteiger partial charge >= 0.3 is 0 Å². The SMILES string of the molecule is CCc1ccccc1N1C(=NC(C)=O)S[C@@H]2CS(=O)(=O)C[C@H]21. The number of carbonyl (C=O) groups is 1. The molecule has 0 saturated carbocycles. The maximum absolute atomic E-state index is 12.0. The summed E-state index contributed by atoms with van der Waals surface area (Å²) in [5, 5.41) is 0.575. The number of rotatable bonds is 2. The quantitative estimate of drug-likeness (QED) is 0.823. The Morgan fingerprint density at radius 1 is 1.36 bits per heavy atom. The Kier molecular flexibility index (Phi) is 4.03. The molecule has 118 valence electrons. The maximum Gasteiger partial charge on any atom is 0.244 e. The van der Waals surface area contributed by atoms with E-state index >= 15 is 0 Å². The number of amidine groups is 1. The Bertz CT molecular complexity index is 743. The number of sulfone groups is 1. The van der Waals surface area contributed by atoms with Gasteiger partial charge in [0.25, 0.3) is 0 Å². The minimum absolute atomic E-state index is 0.0481. The standard InChI is InChI=1S/C15H18N2O3S2/c1-3-11-6-4-5-7-12(11)17-13-8-22(19,20)9-14(13)21-15(17)16-10(2)18/h4-7,13-14H,3,8-9H2,1-2H3/t13-,14-/m1/s1. The number of hydrogen-bond donors (Lipinski definition) is 0. The molecular weight excluding hydrogens is 320 g/mol. The van der Waals surface area contributed by atoms with Crippen molar-refractivity contribution < 1.29 is 13.2 Å². The van der Waals surface area contributed by atoms with Crippen LogP contribution in [0, 0.1) is 0 Å². The Balaban J connectivity index is 2.08. The normalized spacial score (nSPS) is 28.1. The van der Waals surface area contributed by atoms with E-state index in [1.165, 1.54) is 18.7 Å². The fraction of sp³-hybridized carbons (Fsp3) is 0.467. The molecule has 5 nitrogen and oxygen atoms in total. The van der Waals surface area contributed by atoms with Crippen LogP contribution in [0.2, 0.25) is 0 Å². The number of hydrogen-bond acceptors (Lipinski definition) is 4. The second-order valence-electron chi connectivity index (χ2n) is 5.57. The highest BCUT2D eigenvalue weighted by Gasteiger charge is 2.49. The van der Waals surface area contributed by atoms with Crippen molar-refractivity contribution in [2.45, 2.75) is 31.6 Å². The van der Waals surface area contributed by atoms with Gasteiger partial charge in [0.05, 0.1) is 17.5 Å². The van der Waals surface area contributed by atoms with Crippen LogP contribution in [-0.4, -0.2) is 42.3 Å². The summed E-state index contributed by atoms with van der Waals surface area (Å²) < 4.78 is 23.9. The third kappa shape index (κ3) is 2.79. The molecule has 0 spiro atoms. The number of fused-ring (bicyclic) bond motifs is 1. The van der Waals surface area contributed by atoms with Crippen molar-refractivity contribution in [3.8, 4) is 0 Å². The minimum atomic E-state index is -3.02. The third-order valence-corrected chi connectivity index (χ3v) is 7.16. The Morgan fingerprint density at radius 3 is 2.77 bits per heavy atom. The van der Waals surface area contributed by atoms with E-state index in [2.05, 4.69) is 11.9 Å². The molecule has 22 heavy (non-hydrogen) atoms. The molecule has 1 amide bonds. The zero-order valence-electron chi connectivity index (χ0n) is 12.5. The van der Waals surface area contributed by atoms with Crippen molar-refractivity contribution >= 4 is 38.4 Å². The highest BCUT2D eigenvalue weighted by Crippen LogP contribution is 2.42. The lowest BCUT2D eigenvalue weighted by molar-refractivity contribution is -0.115. The lowest BCUT2D eigenvalue weighted by Crippen LogP contribution is -2.38. The predicted octanol–water partition coefficient (Wildman–Crippen LogP) is 1.87. The molecule has 2 aliphatic heterocycles. The lowest BCUT2D eigenvalue weighted by atomic mass is 10.1. The van der Waals surface area contributed by atoms with E-state index in [1.807, 2.05) is 29.2 Å². The monoisotopic (exact) mass is 338 g/mol. The van der Waals surface area contributed by atoms with E-state index in [1.54, 1.807) is 0 Å². The molecule has 2 saturated heterocycles. The number of thioether (sulfide) groups is 1. The fourth-order valence-electron chi connectivity index (χ4n) is 3.03. The van der Waals surface area contributed by atoms with Crippen molar-refractivity contribution in [3.63, 3.8) is 0 Å². The zero-order valence-corrected chi connectivity index (χ0v) is 14.2. The first-order chi connectivity index (χ1) is 10.4. The Morgan fingerprint density at radius 2 is 2.09 bits per heavy atom. The number of aryl methyl sites for hydroxylation is 1. The van der Waals surface area contributed by atoms with Gasteiger partial charge in [0.2, 0.25) is 5.91 Å². The van der Waals surface area contributed by atoms with E-state index in [0.717, 1.165) is 17.7 Å². The van der Waals surface area contributed by atoms with Gasteiger partial charge in [-0.25, -0.2) is 8.42 Å². The molecule has 0 bridgehead atoms. The van der Waals surface area contributed by atoms with Crippen LogP contribution in [0.1, 0.15) is 19.4 Å². The number of aliphatic imine (C=N–C) groups is 1. The Labute approximate surface area is 134 Å². The third-order valence-electron chi connectivity index (χ3n) is 3.95. The van der Waals surface area contributed by atoms with Gasteiger partial charge in [0.15, 0.2) is 15.0 Å². The molecule has 1 aromatic carbocycles. The van der Waals surface area contributed by atoms with Crippen LogP contribution >= 0.6 is 11.8 Å². The highest BCUT2D eigenvalue weighted by atomic mass is 32.2. The van der Waals surface area contributed by atoms with Gasteiger partial charge in [0.1, 0.15) is 0 Å². The van der Waals surface area contributed by atoms with Crippen LogP contribution in [0.15, 0.2) is 29.3 Å². The van der Waals surface area contributed by atoms with E-state index < -0.39 is 9.84 Å². The molecule has 0 aromatic heterocycles. The summed E-state index contributed by atoms with van der Waals surface area (Å²) in [5.41, 5.74) is 2.09. The van der Waals surface area contributed by atoms with Gasteiger partial charge in [-0.05, 0) is 18.1 Å². The molecule has 3 rings (SSSR count). The first-order valence-corrected chi connectivity index (χ1v) is 9.95. The zero-order chi connectivity index (χ0) is 15.9. The molecular formula is C15H18N2O3S2. The van der Waals surface area contributed by atoms with E-state index in [9.17, 15) is 13.2 Å². The van der Waals surface area contributed by atoms with Crippen LogP contribution in [0.4, 0.5) is 5.69 Å². The summed E-state index contributed by atoms with van der Waals surface area (Å²) in [6, 6.07) is 7.77. The average Bonchev–Trinajstić information content (AvgIpc) is 2.89. The summed E-state index contributed by atoms with van der Waals surface area (Å²) >= 11 is 1.41. The van der Waals surface area contributed by atoms with E-state index in [-0.39, 0.29) is 28.7 Å². The number of para-hydroxylation sites is 1. The summed E-state index contributed by atoms with van der Waals surface area (Å²) in [4.78, 5) is 17.5. The fourth-order valence-corrected chi connectivity index (χ4v) is 6.98. The van der Waals surface area contributed by atoms with Gasteiger partial charge in [0, 0.05) is 17.9 Å². The van der Waals surface area contributed by atoms with Crippen LogP contribution in [0.25, 0.3) is 0 Å². The molecule has 2 fully saturated rings. The first-order valence-electron chi connectivity index (χ1n) is 7.25. The smallest absolute Gasteiger partial charge is 0.244 e. The number of amides is 1. The summed E-state index contributed by atoms with van der Waals surface area (Å²) in [6.45, 7) is 3.48. The topological polar surface area (TPSA) is 66.8 Å². The molecule has 0 radical (unpaired) electrons. The lowest BCUT2D eigenvalue weighted by Gasteiger charge is -2.26. The van der Waals surface area contributed by atoms with E-state index in [4.69, 9.17) is 0 Å². The summed E-state index contributed by atoms with van der Waals surface area (Å²) in [5.74, 6) is 0.0215. The molecule has 2 atom stereocenters. The number of nitrogens with zero attached hydrogens (tertiary/aromatic N) is 2. The van der Waals surface area contributed by atoms with Gasteiger partial charge in [-0.1, -0.05) is 36.9 Å². The average molecular weight is 338 g/mol. The molecule has 1 aromatic rings. The van der Waals surface area contributed by atoms with Crippen LogP contribution < -0.4 is 4.90 Å². The van der Waals surface area contributed by atoms with Crippen LogP contribution in [0.5, 0.6) is 0 Å². The van der Waals surface area contributed by atoms with Crippen LogP contribution in [0.3, 0.4) is 0 Å². The van der Waals surface area contributed by atoms with Crippen molar-refractivity contribution in [2.24, 2.45) is 4.99 Å².